The Morgan fingerprint density at radius 3 is 2.48 bits per heavy atom. The van der Waals surface area contributed by atoms with Gasteiger partial charge in [-0.1, -0.05) is 77.3 Å². The number of rotatable bonds is 5. The van der Waals surface area contributed by atoms with Crippen LogP contribution in [0.3, 0.4) is 0 Å². The molecule has 0 aliphatic carbocycles. The molecule has 0 N–H and O–H groups in total. The van der Waals surface area contributed by atoms with Crippen LogP contribution in [0.1, 0.15) is 22.3 Å². The lowest BCUT2D eigenvalue weighted by atomic mass is 10.0. The number of ether oxygens (including phenoxy) is 1. The second kappa shape index (κ2) is 8.77. The van der Waals surface area contributed by atoms with E-state index in [0.29, 0.717) is 28.0 Å². The van der Waals surface area contributed by atoms with Gasteiger partial charge in [0.05, 0.1) is 11.6 Å². The number of benzene rings is 3. The van der Waals surface area contributed by atoms with E-state index in [1.165, 1.54) is 0 Å². The highest BCUT2D eigenvalue weighted by molar-refractivity contribution is 6.35. The highest BCUT2D eigenvalue weighted by Crippen LogP contribution is 2.27. The predicted octanol–water partition coefficient (Wildman–Crippen LogP) is 6.95. The lowest BCUT2D eigenvalue weighted by molar-refractivity contribution is 0.305. The molecule has 0 aliphatic heterocycles. The van der Waals surface area contributed by atoms with Gasteiger partial charge in [0.2, 0.25) is 0 Å². The fourth-order valence-electron chi connectivity index (χ4n) is 2.59. The van der Waals surface area contributed by atoms with Crippen LogP contribution in [0.5, 0.6) is 5.75 Å². The third-order valence-corrected chi connectivity index (χ3v) is 4.69. The van der Waals surface area contributed by atoms with Crippen molar-refractivity contribution < 1.29 is 4.74 Å². The summed E-state index contributed by atoms with van der Waals surface area (Å²) in [5.74, 6) is 0.684. The molecule has 4 heteroatoms. The fraction of sp³-hybridized carbons (Fsp3) is 0.0870. The molecule has 0 heterocycles. The van der Waals surface area contributed by atoms with Gasteiger partial charge < -0.3 is 4.74 Å². The minimum absolute atomic E-state index is 0.313. The Kier molecular flexibility index (Phi) is 6.19. The van der Waals surface area contributed by atoms with Gasteiger partial charge in [-0.05, 0) is 36.8 Å². The van der Waals surface area contributed by atoms with Crippen LogP contribution in [0.15, 0.2) is 66.7 Å². The zero-order valence-electron chi connectivity index (χ0n) is 14.7. The van der Waals surface area contributed by atoms with E-state index in [1.54, 1.807) is 12.1 Å². The average molecular weight is 394 g/mol. The van der Waals surface area contributed by atoms with Gasteiger partial charge in [-0.25, -0.2) is 0 Å². The number of halogens is 2. The van der Waals surface area contributed by atoms with E-state index in [9.17, 15) is 5.26 Å². The molecule has 0 fully saturated rings. The number of hydrogen-bond donors (Lipinski definition) is 0. The number of para-hydroxylation sites is 1. The van der Waals surface area contributed by atoms with E-state index in [0.717, 1.165) is 22.3 Å². The summed E-state index contributed by atoms with van der Waals surface area (Å²) in [5, 5.41) is 10.7. The van der Waals surface area contributed by atoms with E-state index in [4.69, 9.17) is 27.9 Å². The monoisotopic (exact) mass is 393 g/mol. The zero-order valence-corrected chi connectivity index (χ0v) is 16.3. The molecule has 0 aliphatic rings. The Hall–Kier alpha value is -2.73. The van der Waals surface area contributed by atoms with Gasteiger partial charge in [0.1, 0.15) is 12.4 Å². The maximum Gasteiger partial charge on any atom is 0.127 e. The van der Waals surface area contributed by atoms with E-state index in [-0.39, 0.29) is 0 Å². The molecule has 0 unspecified atom stereocenters. The molecule has 0 atom stereocenters. The van der Waals surface area contributed by atoms with Gasteiger partial charge in [-0.2, -0.15) is 5.26 Å². The molecule has 0 saturated carbocycles. The molecule has 3 aromatic carbocycles. The van der Waals surface area contributed by atoms with Crippen molar-refractivity contribution in [3.05, 3.63) is 99.0 Å². The molecule has 0 bridgehead atoms. The van der Waals surface area contributed by atoms with Gasteiger partial charge in [0.15, 0.2) is 0 Å². The first kappa shape index (κ1) is 19.0. The SMILES string of the molecule is Cc1ccc(/C(C#N)=C/c2ccccc2OCc2ccc(Cl)cc2Cl)cc1. The first-order chi connectivity index (χ1) is 13.1. The average Bonchev–Trinajstić information content (AvgIpc) is 2.67. The summed E-state index contributed by atoms with van der Waals surface area (Å²) < 4.78 is 5.96. The van der Waals surface area contributed by atoms with Crippen LogP contribution in [0, 0.1) is 18.3 Å². The van der Waals surface area contributed by atoms with Crippen LogP contribution < -0.4 is 4.74 Å². The summed E-state index contributed by atoms with van der Waals surface area (Å²) in [6.07, 6.45) is 1.84. The molecule has 0 amide bonds. The standard InChI is InChI=1S/C23H17Cl2NO/c1-16-6-8-17(9-7-16)20(14-26)12-18-4-2-3-5-23(18)27-15-19-10-11-21(24)13-22(19)25/h2-13H,15H2,1H3/b20-12+. The minimum atomic E-state index is 0.313. The van der Waals surface area contributed by atoms with Crippen molar-refractivity contribution in [3.63, 3.8) is 0 Å². The third kappa shape index (κ3) is 4.92. The molecular weight excluding hydrogens is 377 g/mol. The highest BCUT2D eigenvalue weighted by atomic mass is 35.5. The molecule has 0 aromatic heterocycles. The topological polar surface area (TPSA) is 33.0 Å². The summed E-state index contributed by atoms with van der Waals surface area (Å²) in [6.45, 7) is 2.33. The molecule has 3 rings (SSSR count). The molecule has 2 nitrogen and oxygen atoms in total. The van der Waals surface area contributed by atoms with Gasteiger partial charge in [0, 0.05) is 21.2 Å². The summed E-state index contributed by atoms with van der Waals surface area (Å²) in [4.78, 5) is 0. The van der Waals surface area contributed by atoms with E-state index in [1.807, 2.05) is 67.6 Å². The Morgan fingerprint density at radius 2 is 1.78 bits per heavy atom. The number of nitrogens with zero attached hydrogens (tertiary/aromatic N) is 1. The summed E-state index contributed by atoms with van der Waals surface area (Å²) in [7, 11) is 0. The molecule has 0 spiro atoms. The fourth-order valence-corrected chi connectivity index (χ4v) is 3.06. The lowest BCUT2D eigenvalue weighted by Crippen LogP contribution is -1.98. The Morgan fingerprint density at radius 1 is 1.04 bits per heavy atom. The predicted molar refractivity (Wildman–Crippen MR) is 112 cm³/mol. The second-order valence-electron chi connectivity index (χ2n) is 6.10. The summed E-state index contributed by atoms with van der Waals surface area (Å²) in [5.41, 5.74) is 4.28. The first-order valence-corrected chi connectivity index (χ1v) is 9.17. The van der Waals surface area contributed by atoms with Crippen molar-refractivity contribution in [2.75, 3.05) is 0 Å². The van der Waals surface area contributed by atoms with Gasteiger partial charge in [-0.3, -0.25) is 0 Å². The number of nitriles is 1. The maximum absolute atomic E-state index is 9.58. The highest BCUT2D eigenvalue weighted by Gasteiger charge is 2.07. The first-order valence-electron chi connectivity index (χ1n) is 8.41. The number of hydrogen-bond acceptors (Lipinski definition) is 2. The van der Waals surface area contributed by atoms with E-state index >= 15 is 0 Å². The van der Waals surface area contributed by atoms with Crippen molar-refractivity contribution in [1.82, 2.24) is 0 Å². The molecular formula is C23H17Cl2NO. The van der Waals surface area contributed by atoms with Crippen LogP contribution >= 0.6 is 23.2 Å². The van der Waals surface area contributed by atoms with Crippen molar-refractivity contribution in [3.8, 4) is 11.8 Å². The minimum Gasteiger partial charge on any atom is -0.488 e. The lowest BCUT2D eigenvalue weighted by Gasteiger charge is -2.11. The van der Waals surface area contributed by atoms with Gasteiger partial charge >= 0.3 is 0 Å². The van der Waals surface area contributed by atoms with Crippen molar-refractivity contribution in [2.24, 2.45) is 0 Å². The number of aryl methyl sites for hydroxylation is 1. The van der Waals surface area contributed by atoms with E-state index in [2.05, 4.69) is 6.07 Å². The third-order valence-electron chi connectivity index (χ3n) is 4.10. The molecule has 3 aromatic rings. The molecule has 27 heavy (non-hydrogen) atoms. The quantitative estimate of drug-likeness (QED) is 0.347. The second-order valence-corrected chi connectivity index (χ2v) is 6.94. The smallest absolute Gasteiger partial charge is 0.127 e. The molecule has 0 radical (unpaired) electrons. The molecule has 0 saturated heterocycles. The van der Waals surface area contributed by atoms with Crippen LogP contribution in [0.2, 0.25) is 10.0 Å². The van der Waals surface area contributed by atoms with Gasteiger partial charge in [0.25, 0.3) is 0 Å². The van der Waals surface area contributed by atoms with Crippen LogP contribution in [0.4, 0.5) is 0 Å². The molecule has 134 valence electrons. The Bertz CT molecular complexity index is 1020. The largest absolute Gasteiger partial charge is 0.488 e. The van der Waals surface area contributed by atoms with Crippen molar-refractivity contribution in [1.29, 1.82) is 5.26 Å². The maximum atomic E-state index is 9.58. The Balaban J connectivity index is 1.87. The zero-order chi connectivity index (χ0) is 19.2. The van der Waals surface area contributed by atoms with Crippen LogP contribution in [-0.4, -0.2) is 0 Å². The number of allylic oxidation sites excluding steroid dienone is 1. The van der Waals surface area contributed by atoms with Crippen molar-refractivity contribution >= 4 is 34.9 Å². The van der Waals surface area contributed by atoms with Crippen molar-refractivity contribution in [2.45, 2.75) is 13.5 Å². The normalized spacial score (nSPS) is 11.1. The Labute approximate surface area is 169 Å². The van der Waals surface area contributed by atoms with Gasteiger partial charge in [-0.15, -0.1) is 0 Å². The van der Waals surface area contributed by atoms with Crippen LogP contribution in [-0.2, 0) is 6.61 Å². The van der Waals surface area contributed by atoms with Crippen LogP contribution in [0.25, 0.3) is 11.6 Å². The summed E-state index contributed by atoms with van der Waals surface area (Å²) >= 11 is 12.2. The summed E-state index contributed by atoms with van der Waals surface area (Å²) in [6, 6.07) is 23.1. The van der Waals surface area contributed by atoms with E-state index < -0.39 is 0 Å².